The van der Waals surface area contributed by atoms with Gasteiger partial charge >= 0.3 is 0 Å². The van der Waals surface area contributed by atoms with Crippen molar-refractivity contribution in [1.82, 2.24) is 19.7 Å². The predicted molar refractivity (Wildman–Crippen MR) is 96.9 cm³/mol. The highest BCUT2D eigenvalue weighted by Gasteiger charge is 2.15. The van der Waals surface area contributed by atoms with Gasteiger partial charge in [-0.25, -0.2) is 0 Å². The van der Waals surface area contributed by atoms with Gasteiger partial charge in [-0.1, -0.05) is 29.4 Å². The molecule has 2 aromatic heterocycles. The third-order valence-electron chi connectivity index (χ3n) is 3.30. The van der Waals surface area contributed by atoms with Crippen LogP contribution in [0.5, 0.6) is 5.75 Å². The van der Waals surface area contributed by atoms with Crippen LogP contribution in [-0.2, 0) is 0 Å². The molecule has 122 valence electrons. The van der Waals surface area contributed by atoms with E-state index in [1.807, 2.05) is 47.0 Å². The second-order valence-corrected chi connectivity index (χ2v) is 5.99. The molecular formula is C17H15ClN4OS. The lowest BCUT2D eigenvalue weighted by Gasteiger charge is -2.10. The molecule has 0 bridgehead atoms. The van der Waals surface area contributed by atoms with Gasteiger partial charge in [-0.15, -0.1) is 10.2 Å². The molecule has 0 radical (unpaired) electrons. The Labute approximate surface area is 149 Å². The molecule has 0 atom stereocenters. The minimum Gasteiger partial charge on any atom is -0.497 e. The molecule has 0 spiro atoms. The minimum absolute atomic E-state index is 0.716. The van der Waals surface area contributed by atoms with Crippen LogP contribution in [0.15, 0.2) is 65.6 Å². The molecule has 0 N–H and O–H groups in total. The first-order chi connectivity index (χ1) is 11.8. The van der Waals surface area contributed by atoms with E-state index in [0.29, 0.717) is 5.75 Å². The lowest BCUT2D eigenvalue weighted by Crippen LogP contribution is -2.00. The van der Waals surface area contributed by atoms with Crippen molar-refractivity contribution in [3.05, 3.63) is 60.4 Å². The first kappa shape index (κ1) is 16.5. The lowest BCUT2D eigenvalue weighted by molar-refractivity contribution is 0.414. The van der Waals surface area contributed by atoms with Gasteiger partial charge in [0.2, 0.25) is 0 Å². The molecule has 0 aliphatic carbocycles. The molecule has 1 aromatic carbocycles. The average Bonchev–Trinajstić information content (AvgIpc) is 3.06. The fourth-order valence-electron chi connectivity index (χ4n) is 2.17. The van der Waals surface area contributed by atoms with Gasteiger partial charge in [0.1, 0.15) is 5.75 Å². The SMILES string of the molecule is COc1ccc(-n2c(SCC=CCl)nnc2-c2ccncc2)cc1. The number of rotatable bonds is 6. The van der Waals surface area contributed by atoms with Gasteiger partial charge in [-0.05, 0) is 36.4 Å². The van der Waals surface area contributed by atoms with E-state index in [-0.39, 0.29) is 0 Å². The monoisotopic (exact) mass is 358 g/mol. The van der Waals surface area contributed by atoms with Gasteiger partial charge in [0.05, 0.1) is 7.11 Å². The number of ether oxygens (including phenoxy) is 1. The van der Waals surface area contributed by atoms with Crippen LogP contribution in [0, 0.1) is 0 Å². The summed E-state index contributed by atoms with van der Waals surface area (Å²) in [6.07, 6.45) is 5.35. The van der Waals surface area contributed by atoms with Gasteiger partial charge in [-0.3, -0.25) is 9.55 Å². The summed E-state index contributed by atoms with van der Waals surface area (Å²) in [6.45, 7) is 0. The van der Waals surface area contributed by atoms with E-state index in [9.17, 15) is 0 Å². The van der Waals surface area contributed by atoms with Crippen molar-refractivity contribution in [3.63, 3.8) is 0 Å². The number of aromatic nitrogens is 4. The van der Waals surface area contributed by atoms with Crippen LogP contribution in [0.1, 0.15) is 0 Å². The summed E-state index contributed by atoms with van der Waals surface area (Å²) >= 11 is 7.16. The molecule has 0 aliphatic heterocycles. The average molecular weight is 359 g/mol. The number of methoxy groups -OCH3 is 1. The maximum Gasteiger partial charge on any atom is 0.196 e. The van der Waals surface area contributed by atoms with Crippen molar-refractivity contribution in [1.29, 1.82) is 0 Å². The highest BCUT2D eigenvalue weighted by Crippen LogP contribution is 2.28. The Kier molecular flexibility index (Phi) is 5.51. The number of halogens is 1. The van der Waals surface area contributed by atoms with E-state index in [0.717, 1.165) is 28.0 Å². The molecule has 0 fully saturated rings. The zero-order valence-electron chi connectivity index (χ0n) is 13.0. The molecule has 3 rings (SSSR count). The highest BCUT2D eigenvalue weighted by molar-refractivity contribution is 7.99. The highest BCUT2D eigenvalue weighted by atomic mass is 35.5. The van der Waals surface area contributed by atoms with Crippen LogP contribution in [-0.4, -0.2) is 32.6 Å². The summed E-state index contributed by atoms with van der Waals surface area (Å²) in [7, 11) is 1.65. The summed E-state index contributed by atoms with van der Waals surface area (Å²) in [5, 5.41) is 9.48. The van der Waals surface area contributed by atoms with E-state index >= 15 is 0 Å². The van der Waals surface area contributed by atoms with Gasteiger partial charge in [0, 0.05) is 34.9 Å². The van der Waals surface area contributed by atoms with Gasteiger partial charge in [0.25, 0.3) is 0 Å². The summed E-state index contributed by atoms with van der Waals surface area (Å²) in [5.74, 6) is 2.28. The summed E-state index contributed by atoms with van der Waals surface area (Å²) < 4.78 is 7.25. The van der Waals surface area contributed by atoms with Gasteiger partial charge in [-0.2, -0.15) is 0 Å². The molecule has 0 aliphatic rings. The number of hydrogen-bond donors (Lipinski definition) is 0. The Hall–Kier alpha value is -2.31. The Morgan fingerprint density at radius 3 is 2.54 bits per heavy atom. The Balaban J connectivity index is 2.06. The quantitative estimate of drug-likeness (QED) is 0.618. The van der Waals surface area contributed by atoms with Crippen LogP contribution < -0.4 is 4.74 Å². The topological polar surface area (TPSA) is 52.8 Å². The molecule has 0 saturated heterocycles. The second-order valence-electron chi connectivity index (χ2n) is 4.75. The van der Waals surface area contributed by atoms with Crippen molar-refractivity contribution >= 4 is 23.4 Å². The lowest BCUT2D eigenvalue weighted by atomic mass is 10.2. The number of pyridine rings is 1. The Morgan fingerprint density at radius 1 is 1.12 bits per heavy atom. The number of benzene rings is 1. The Bertz CT molecular complexity index is 818. The van der Waals surface area contributed by atoms with Crippen LogP contribution in [0.25, 0.3) is 17.1 Å². The van der Waals surface area contributed by atoms with Gasteiger partial charge in [0.15, 0.2) is 11.0 Å². The maximum atomic E-state index is 5.60. The molecule has 0 amide bonds. The summed E-state index contributed by atoms with van der Waals surface area (Å²) in [6, 6.07) is 11.6. The maximum absolute atomic E-state index is 5.60. The van der Waals surface area contributed by atoms with Crippen molar-refractivity contribution < 1.29 is 4.74 Å². The molecule has 0 saturated carbocycles. The van der Waals surface area contributed by atoms with Crippen LogP contribution in [0.2, 0.25) is 0 Å². The van der Waals surface area contributed by atoms with E-state index in [1.165, 1.54) is 5.54 Å². The molecule has 3 aromatic rings. The number of nitrogens with zero attached hydrogens (tertiary/aromatic N) is 4. The fourth-order valence-corrected chi connectivity index (χ4v) is 3.13. The van der Waals surface area contributed by atoms with Crippen LogP contribution in [0.4, 0.5) is 0 Å². The van der Waals surface area contributed by atoms with E-state index in [2.05, 4.69) is 15.2 Å². The summed E-state index contributed by atoms with van der Waals surface area (Å²) in [5.41, 5.74) is 3.42. The molecule has 2 heterocycles. The standard InChI is InChI=1S/C17H15ClN4OS/c1-23-15-5-3-14(4-6-15)22-16(13-7-10-19-11-8-13)20-21-17(22)24-12-2-9-18/h2-11H,12H2,1H3. The van der Waals surface area contributed by atoms with Gasteiger partial charge < -0.3 is 4.74 Å². The molecule has 7 heteroatoms. The Morgan fingerprint density at radius 2 is 1.88 bits per heavy atom. The summed E-state index contributed by atoms with van der Waals surface area (Å²) in [4.78, 5) is 4.06. The van der Waals surface area contributed by atoms with Crippen LogP contribution in [0.3, 0.4) is 0 Å². The largest absolute Gasteiger partial charge is 0.497 e. The van der Waals surface area contributed by atoms with E-state index < -0.39 is 0 Å². The molecule has 24 heavy (non-hydrogen) atoms. The first-order valence-electron chi connectivity index (χ1n) is 7.21. The molecule has 0 unspecified atom stereocenters. The van der Waals surface area contributed by atoms with Crippen molar-refractivity contribution in [2.45, 2.75) is 5.16 Å². The third kappa shape index (κ3) is 3.60. The van der Waals surface area contributed by atoms with Crippen molar-refractivity contribution in [2.24, 2.45) is 0 Å². The zero-order valence-corrected chi connectivity index (χ0v) is 14.5. The second kappa shape index (κ2) is 7.99. The molecular weight excluding hydrogens is 344 g/mol. The predicted octanol–water partition coefficient (Wildman–Crippen LogP) is 4.18. The first-order valence-corrected chi connectivity index (χ1v) is 8.64. The third-order valence-corrected chi connectivity index (χ3v) is 4.36. The van der Waals surface area contributed by atoms with E-state index in [1.54, 1.807) is 31.3 Å². The molecule has 5 nitrogen and oxygen atoms in total. The number of thioether (sulfide) groups is 1. The van der Waals surface area contributed by atoms with Crippen molar-refractivity contribution in [3.8, 4) is 22.8 Å². The normalized spacial score (nSPS) is 11.1. The number of hydrogen-bond acceptors (Lipinski definition) is 5. The minimum atomic E-state index is 0.716. The fraction of sp³-hybridized carbons (Fsp3) is 0.118. The van der Waals surface area contributed by atoms with Crippen molar-refractivity contribution in [2.75, 3.05) is 12.9 Å². The zero-order chi connectivity index (χ0) is 16.8. The van der Waals surface area contributed by atoms with Crippen LogP contribution >= 0.6 is 23.4 Å². The smallest absolute Gasteiger partial charge is 0.196 e. The van der Waals surface area contributed by atoms with E-state index in [4.69, 9.17) is 16.3 Å².